The van der Waals surface area contributed by atoms with Crippen molar-refractivity contribution in [1.29, 1.82) is 0 Å². The average Bonchev–Trinajstić information content (AvgIpc) is 3.06. The molecule has 0 fully saturated rings. The minimum atomic E-state index is -4.40. The van der Waals surface area contributed by atoms with Crippen molar-refractivity contribution in [1.82, 2.24) is 5.32 Å². The molecule has 0 rings (SSSR count). The van der Waals surface area contributed by atoms with E-state index in [2.05, 4.69) is 31.3 Å². The number of carbonyl (C=O) groups excluding carboxylic acids is 1. The molecule has 4 N–H and O–H groups in total. The molecule has 0 heterocycles. The lowest BCUT2D eigenvalue weighted by Crippen LogP contribution is -2.50. The van der Waals surface area contributed by atoms with Crippen molar-refractivity contribution in [3.63, 3.8) is 0 Å². The molecular weight excluding hydrogens is 635 g/mol. The molecule has 8 heteroatoms. The standard InChI is InChI=1S/C41H81NO6S/c1-3-5-7-9-11-13-15-17-18-19-20-21-22-23-24-26-28-30-32-34-36-40(44)41(45)42-38(37-49(46,47)48)39(43)35-33-31-29-27-25-16-14-12-10-8-6-4-2/h21-22,38-40,43-44H,3-20,23-37H2,1-2H3,(H,42,45)(H,46,47,48)/b22-21-. The topological polar surface area (TPSA) is 124 Å². The third-order valence-corrected chi connectivity index (χ3v) is 10.6. The number of hydrogen-bond acceptors (Lipinski definition) is 5. The molecule has 0 saturated heterocycles. The van der Waals surface area contributed by atoms with Gasteiger partial charge in [-0.3, -0.25) is 9.35 Å². The summed E-state index contributed by atoms with van der Waals surface area (Å²) in [5.41, 5.74) is 0. The molecule has 1 amide bonds. The maximum Gasteiger partial charge on any atom is 0.266 e. The third-order valence-electron chi connectivity index (χ3n) is 9.83. The summed E-state index contributed by atoms with van der Waals surface area (Å²) < 4.78 is 32.5. The summed E-state index contributed by atoms with van der Waals surface area (Å²) in [7, 11) is -4.40. The van der Waals surface area contributed by atoms with E-state index in [0.29, 0.717) is 25.7 Å². The van der Waals surface area contributed by atoms with Gasteiger partial charge in [-0.1, -0.05) is 193 Å². The largest absolute Gasteiger partial charge is 0.391 e. The van der Waals surface area contributed by atoms with Crippen LogP contribution in [0.3, 0.4) is 0 Å². The van der Waals surface area contributed by atoms with Gasteiger partial charge in [0.2, 0.25) is 5.91 Å². The van der Waals surface area contributed by atoms with Crippen molar-refractivity contribution >= 4 is 16.0 Å². The fourth-order valence-electron chi connectivity index (χ4n) is 6.57. The van der Waals surface area contributed by atoms with E-state index in [9.17, 15) is 28.0 Å². The molecule has 0 aliphatic rings. The number of aliphatic hydroxyl groups excluding tert-OH is 2. The molecule has 0 radical (unpaired) electrons. The van der Waals surface area contributed by atoms with Crippen LogP contribution in [0, 0.1) is 0 Å². The van der Waals surface area contributed by atoms with Gasteiger partial charge in [-0.2, -0.15) is 8.42 Å². The lowest BCUT2D eigenvalue weighted by atomic mass is 10.0. The van der Waals surface area contributed by atoms with Crippen LogP contribution >= 0.6 is 0 Å². The van der Waals surface area contributed by atoms with Crippen LogP contribution < -0.4 is 5.32 Å². The van der Waals surface area contributed by atoms with E-state index in [4.69, 9.17) is 0 Å². The van der Waals surface area contributed by atoms with Crippen molar-refractivity contribution in [2.24, 2.45) is 0 Å². The van der Waals surface area contributed by atoms with Gasteiger partial charge in [-0.05, 0) is 38.5 Å². The minimum absolute atomic E-state index is 0.293. The molecule has 3 unspecified atom stereocenters. The Morgan fingerprint density at radius 1 is 0.531 bits per heavy atom. The van der Waals surface area contributed by atoms with Gasteiger partial charge < -0.3 is 15.5 Å². The molecule has 0 aliphatic carbocycles. The van der Waals surface area contributed by atoms with Crippen molar-refractivity contribution in [2.45, 2.75) is 238 Å². The van der Waals surface area contributed by atoms with Gasteiger partial charge in [0.25, 0.3) is 10.1 Å². The second kappa shape index (κ2) is 35.4. The van der Waals surface area contributed by atoms with Crippen molar-refractivity contribution < 1.29 is 28.0 Å². The Kier molecular flexibility index (Phi) is 34.7. The normalized spacial score (nSPS) is 14.0. The van der Waals surface area contributed by atoms with Gasteiger partial charge in [-0.15, -0.1) is 0 Å². The number of aliphatic hydroxyl groups is 2. The number of amides is 1. The predicted octanol–water partition coefficient (Wildman–Crippen LogP) is 11.2. The van der Waals surface area contributed by atoms with Crippen LogP contribution in [0.1, 0.15) is 219 Å². The summed E-state index contributed by atoms with van der Waals surface area (Å²) >= 11 is 0. The van der Waals surface area contributed by atoms with E-state index in [-0.39, 0.29) is 0 Å². The van der Waals surface area contributed by atoms with Crippen molar-refractivity contribution in [3.05, 3.63) is 12.2 Å². The molecule has 49 heavy (non-hydrogen) atoms. The summed E-state index contributed by atoms with van der Waals surface area (Å²) in [6.45, 7) is 4.50. The Hall–Kier alpha value is -0.960. The van der Waals surface area contributed by atoms with Gasteiger partial charge >= 0.3 is 0 Å². The van der Waals surface area contributed by atoms with E-state index in [1.807, 2.05) is 0 Å². The van der Waals surface area contributed by atoms with Crippen molar-refractivity contribution in [3.8, 4) is 0 Å². The summed E-state index contributed by atoms with van der Waals surface area (Å²) in [6, 6.07) is -1.14. The van der Waals surface area contributed by atoms with E-state index < -0.39 is 40.0 Å². The fraction of sp³-hybridized carbons (Fsp3) is 0.927. The number of carbonyl (C=O) groups is 1. The maximum atomic E-state index is 12.6. The predicted molar refractivity (Wildman–Crippen MR) is 209 cm³/mol. The monoisotopic (exact) mass is 716 g/mol. The number of unbranched alkanes of at least 4 members (excludes halogenated alkanes) is 27. The first-order valence-corrected chi connectivity index (χ1v) is 22.6. The van der Waals surface area contributed by atoms with Crippen LogP contribution in [-0.4, -0.2) is 53.1 Å². The van der Waals surface area contributed by atoms with E-state index in [0.717, 1.165) is 44.9 Å². The zero-order chi connectivity index (χ0) is 36.3. The molecule has 0 aromatic carbocycles. The van der Waals surface area contributed by atoms with Gasteiger partial charge in [0.1, 0.15) is 6.10 Å². The van der Waals surface area contributed by atoms with Crippen LogP contribution in [0.2, 0.25) is 0 Å². The number of nitrogens with one attached hydrogen (secondary N) is 1. The van der Waals surface area contributed by atoms with E-state index in [1.54, 1.807) is 0 Å². The Bertz CT molecular complexity index is 849. The second-order valence-electron chi connectivity index (χ2n) is 14.8. The molecule has 0 spiro atoms. The maximum absolute atomic E-state index is 12.6. The Morgan fingerprint density at radius 3 is 1.22 bits per heavy atom. The molecule has 0 aromatic heterocycles. The molecule has 7 nitrogen and oxygen atoms in total. The molecule has 292 valence electrons. The molecule has 0 aromatic rings. The molecule has 0 bridgehead atoms. The highest BCUT2D eigenvalue weighted by Crippen LogP contribution is 2.16. The zero-order valence-corrected chi connectivity index (χ0v) is 33.0. The van der Waals surface area contributed by atoms with E-state index >= 15 is 0 Å². The summed E-state index contributed by atoms with van der Waals surface area (Å²) in [5.74, 6) is -1.45. The summed E-state index contributed by atoms with van der Waals surface area (Å²) in [4.78, 5) is 12.6. The average molecular weight is 716 g/mol. The first-order chi connectivity index (χ1) is 23.7. The Morgan fingerprint density at radius 2 is 0.857 bits per heavy atom. The SMILES string of the molecule is CCCCCCCCCCCC/C=C\CCCCCCCCC(O)C(=O)NC(CS(=O)(=O)O)C(O)CCCCCCCCCCCCCC. The first-order valence-electron chi connectivity index (χ1n) is 21.0. The van der Waals surface area contributed by atoms with Gasteiger partial charge in [0.05, 0.1) is 17.9 Å². The van der Waals surface area contributed by atoms with E-state index in [1.165, 1.54) is 135 Å². The van der Waals surface area contributed by atoms with Crippen LogP contribution in [-0.2, 0) is 14.9 Å². The van der Waals surface area contributed by atoms with Gasteiger partial charge in [0.15, 0.2) is 0 Å². The van der Waals surface area contributed by atoms with Crippen LogP contribution in [0.15, 0.2) is 12.2 Å². The Balaban J connectivity index is 3.93. The molecule has 3 atom stereocenters. The van der Waals surface area contributed by atoms with Gasteiger partial charge in [0, 0.05) is 0 Å². The number of hydrogen-bond donors (Lipinski definition) is 4. The highest BCUT2D eigenvalue weighted by atomic mass is 32.2. The lowest BCUT2D eigenvalue weighted by molar-refractivity contribution is -0.131. The fourth-order valence-corrected chi connectivity index (χ4v) is 7.33. The smallest absolute Gasteiger partial charge is 0.266 e. The van der Waals surface area contributed by atoms with Crippen molar-refractivity contribution in [2.75, 3.05) is 5.75 Å². The highest BCUT2D eigenvalue weighted by Gasteiger charge is 2.28. The summed E-state index contributed by atoms with van der Waals surface area (Å²) in [6.07, 6.45) is 39.5. The second-order valence-corrected chi connectivity index (χ2v) is 16.3. The quantitative estimate of drug-likeness (QED) is 0.0286. The van der Waals surface area contributed by atoms with Crippen LogP contribution in [0.4, 0.5) is 0 Å². The lowest BCUT2D eigenvalue weighted by Gasteiger charge is -2.24. The van der Waals surface area contributed by atoms with Crippen LogP contribution in [0.5, 0.6) is 0 Å². The number of rotatable bonds is 38. The minimum Gasteiger partial charge on any atom is -0.391 e. The molecular formula is C41H81NO6S. The van der Waals surface area contributed by atoms with Gasteiger partial charge in [-0.25, -0.2) is 0 Å². The number of allylic oxidation sites excluding steroid dienone is 2. The highest BCUT2D eigenvalue weighted by molar-refractivity contribution is 7.85. The first kappa shape index (κ1) is 48.0. The molecule has 0 saturated carbocycles. The molecule has 0 aliphatic heterocycles. The zero-order valence-electron chi connectivity index (χ0n) is 32.2. The third kappa shape index (κ3) is 35.2. The summed E-state index contributed by atoms with van der Waals surface area (Å²) in [5, 5.41) is 23.5. The van der Waals surface area contributed by atoms with Crippen LogP contribution in [0.25, 0.3) is 0 Å². The Labute approximate surface area is 304 Å².